The average Bonchev–Trinajstić information content (AvgIpc) is 1.53. The second-order valence-electron chi connectivity index (χ2n) is 36.0. The lowest BCUT2D eigenvalue weighted by Gasteiger charge is -2.12. The molecular formula is C112H116F14N16O6. The number of carbonyl (C=O) groups excluding carboxylic acids is 5. The van der Waals surface area contributed by atoms with Gasteiger partial charge in [-0.25, -0.2) is 32.8 Å². The van der Waals surface area contributed by atoms with Crippen LogP contribution in [0.2, 0.25) is 0 Å². The fourth-order valence-electron chi connectivity index (χ4n) is 15.9. The molecule has 0 aliphatic heterocycles. The number of pyridine rings is 1. The van der Waals surface area contributed by atoms with Crippen LogP contribution in [0, 0.1) is 12.7 Å². The van der Waals surface area contributed by atoms with Crippen molar-refractivity contribution in [3.8, 4) is 28.6 Å². The molecule has 22 nitrogen and oxygen atoms in total. The summed E-state index contributed by atoms with van der Waals surface area (Å²) in [5.41, 5.74) is 10.5. The molecule has 0 saturated heterocycles. The van der Waals surface area contributed by atoms with Crippen molar-refractivity contribution in [2.45, 2.75) is 233 Å². The topological polar surface area (TPSA) is 261 Å². The van der Waals surface area contributed by atoms with Crippen LogP contribution in [0.1, 0.15) is 223 Å². The van der Waals surface area contributed by atoms with E-state index in [1.54, 1.807) is 85.7 Å². The Morgan fingerprint density at radius 1 is 0.331 bits per heavy atom. The van der Waals surface area contributed by atoms with E-state index in [0.717, 1.165) is 132 Å². The van der Waals surface area contributed by atoms with Crippen LogP contribution in [0.25, 0.3) is 28.6 Å². The van der Waals surface area contributed by atoms with E-state index >= 15 is 0 Å². The minimum Gasteiger partial charge on any atom is -0.375 e. The molecule has 0 bridgehead atoms. The molecule has 0 saturated carbocycles. The predicted molar refractivity (Wildman–Crippen MR) is 532 cm³/mol. The lowest BCUT2D eigenvalue weighted by atomic mass is 9.94. The van der Waals surface area contributed by atoms with Gasteiger partial charge in [0.2, 0.25) is 0 Å². The summed E-state index contributed by atoms with van der Waals surface area (Å²) in [6, 6.07) is 56.7. The molecule has 0 amide bonds. The maximum Gasteiger partial charge on any atom is 0.416 e. The number of hydrogen-bond donors (Lipinski definition) is 0. The molecule has 0 fully saturated rings. The first-order valence-corrected chi connectivity index (χ1v) is 48.8. The molecule has 0 atom stereocenters. The van der Waals surface area contributed by atoms with Crippen molar-refractivity contribution in [2.24, 2.45) is 0 Å². The van der Waals surface area contributed by atoms with Gasteiger partial charge in [0.05, 0.1) is 106 Å². The zero-order valence-corrected chi connectivity index (χ0v) is 83.1. The maximum absolute atomic E-state index is 14.5. The molecule has 15 rings (SSSR count). The fourth-order valence-corrected chi connectivity index (χ4v) is 15.9. The summed E-state index contributed by atoms with van der Waals surface area (Å²) in [5, 5.41) is 40.7. The number of aryl methyl sites for hydroxylation is 5. The van der Waals surface area contributed by atoms with Gasteiger partial charge in [0.1, 0.15) is 46.1 Å². The van der Waals surface area contributed by atoms with E-state index < -0.39 is 65.2 Å². The standard InChI is InChI=1S/C24H26F3N3O.C24H29N3O2.C22H21F4N3O.C21H19F4N3O.C21H21F3N4O/c1-2-3-4-5-9-20-17-30(29-28-20)21-13-11-18(12-14-21)15-22(31)16-19-8-6-7-10-23(19)24(25,26)27;1-5-29-16-22-15-27(26-25-22)23-10-7-19(8-11-23)12-24(28)14-21-13-20(17(2)3)9-6-18(21)4;1-2-3-7-17-14-29(28-27-17)21-10-9-15(12-20(21)23)11-18(30)13-16-6-4-5-8-19(16)22(24,25)26;22-11-3-5-17-14-28(27-26-17)18-9-7-15(8-10-18)12-19(29)13-16-4-1-2-6-20(16)21(23,24)25;1-2-3-7-17-14-28(27-26-17)20-10-9-15(13-25-20)11-18(29)12-16-6-4-5-8-19(16)21(22,23)24/h6-8,10-14,17H,2-5,9,15-16H2,1H3;6-11,13,15,17H,5,12,14,16H2,1-4H3;4-6,8-10,12,14H,2-3,7,11,13H2,1H3;1-2,4,6-10,14H,3,5,11-13H2;4-6,8-10,13-14H,2-3,7,11-12H2,1H3. The molecule has 9 aromatic carbocycles. The molecule has 36 heteroatoms. The van der Waals surface area contributed by atoms with Crippen molar-refractivity contribution < 1.29 is 90.2 Å². The van der Waals surface area contributed by atoms with Gasteiger partial charge in [-0.3, -0.25) is 28.4 Å². The minimum atomic E-state index is -4.53. The van der Waals surface area contributed by atoms with Gasteiger partial charge < -0.3 is 4.74 Å². The minimum absolute atomic E-state index is 0.00528. The molecule has 0 spiro atoms. The van der Waals surface area contributed by atoms with Crippen LogP contribution < -0.4 is 0 Å². The molecule has 0 unspecified atom stereocenters. The number of ketones is 5. The van der Waals surface area contributed by atoms with Crippen LogP contribution in [0.3, 0.4) is 0 Å². The van der Waals surface area contributed by atoms with Crippen LogP contribution in [-0.4, -0.2) is 122 Å². The van der Waals surface area contributed by atoms with Gasteiger partial charge in [0.15, 0.2) is 5.82 Å². The van der Waals surface area contributed by atoms with Crippen molar-refractivity contribution >= 4 is 28.9 Å². The van der Waals surface area contributed by atoms with Crippen LogP contribution >= 0.6 is 0 Å². The molecule has 0 aliphatic carbocycles. The van der Waals surface area contributed by atoms with Crippen LogP contribution in [0.4, 0.5) is 61.5 Å². The number of carbonyl (C=O) groups is 5. The lowest BCUT2D eigenvalue weighted by Crippen LogP contribution is -2.14. The van der Waals surface area contributed by atoms with E-state index in [9.17, 15) is 85.4 Å². The van der Waals surface area contributed by atoms with E-state index in [1.165, 1.54) is 126 Å². The quantitative estimate of drug-likeness (QED) is 0.0254. The van der Waals surface area contributed by atoms with Gasteiger partial charge in [-0.15, -0.1) is 25.5 Å². The summed E-state index contributed by atoms with van der Waals surface area (Å²) in [5.74, 6) is -0.630. The highest BCUT2D eigenvalue weighted by molar-refractivity contribution is 5.86. The highest BCUT2D eigenvalue weighted by atomic mass is 19.4. The van der Waals surface area contributed by atoms with Crippen LogP contribution in [-0.2, 0) is 150 Å². The van der Waals surface area contributed by atoms with Crippen molar-refractivity contribution in [3.05, 3.63) is 379 Å². The summed E-state index contributed by atoms with van der Waals surface area (Å²) in [4.78, 5) is 66.2. The fraction of sp³-hybridized carbons (Fsp3) is 0.339. The van der Waals surface area contributed by atoms with Gasteiger partial charge in [-0.1, -0.05) is 232 Å². The number of rotatable bonds is 43. The van der Waals surface area contributed by atoms with Gasteiger partial charge in [0.25, 0.3) is 0 Å². The third-order valence-electron chi connectivity index (χ3n) is 23.8. The summed E-state index contributed by atoms with van der Waals surface area (Å²) < 4.78 is 197. The lowest BCUT2D eigenvalue weighted by molar-refractivity contribution is -0.139. The number of halogens is 14. The van der Waals surface area contributed by atoms with E-state index in [0.29, 0.717) is 73.0 Å². The number of aromatic nitrogens is 16. The molecule has 15 aromatic rings. The number of nitrogens with zero attached hydrogens (tertiary/aromatic N) is 16. The third-order valence-corrected chi connectivity index (χ3v) is 23.8. The largest absolute Gasteiger partial charge is 0.416 e. The monoisotopic (exact) mass is 2050 g/mol. The predicted octanol–water partition coefficient (Wildman–Crippen LogP) is 24.4. The first-order chi connectivity index (χ1) is 70.8. The number of unbranched alkanes of at least 4 members (excludes halogenated alkanes) is 5. The number of Topliss-reactive ketones (excluding diaryl/α,β-unsaturated/α-hetero) is 5. The molecule has 148 heavy (non-hydrogen) atoms. The average molecular weight is 2050 g/mol. The van der Waals surface area contributed by atoms with Crippen LogP contribution in [0.5, 0.6) is 0 Å². The van der Waals surface area contributed by atoms with Gasteiger partial charge in [-0.05, 0) is 217 Å². The second-order valence-corrected chi connectivity index (χ2v) is 36.0. The Balaban J connectivity index is 0.000000176. The maximum atomic E-state index is 14.5. The Labute approximate surface area is 848 Å². The smallest absolute Gasteiger partial charge is 0.375 e. The highest BCUT2D eigenvalue weighted by Crippen LogP contribution is 2.37. The van der Waals surface area contributed by atoms with Crippen molar-refractivity contribution in [2.75, 3.05) is 13.3 Å². The van der Waals surface area contributed by atoms with E-state index in [2.05, 4.69) is 116 Å². The van der Waals surface area contributed by atoms with E-state index in [-0.39, 0.29) is 102 Å². The summed E-state index contributed by atoms with van der Waals surface area (Å²) in [6.07, 6.45) is 4.35. The van der Waals surface area contributed by atoms with Gasteiger partial charge in [-0.2, -0.15) is 52.7 Å². The van der Waals surface area contributed by atoms with Crippen LogP contribution in [0.15, 0.2) is 256 Å². The zero-order valence-electron chi connectivity index (χ0n) is 83.1. The highest BCUT2D eigenvalue weighted by Gasteiger charge is 2.37. The summed E-state index contributed by atoms with van der Waals surface area (Å²) >= 11 is 0. The van der Waals surface area contributed by atoms with Crippen molar-refractivity contribution in [1.29, 1.82) is 0 Å². The molecule has 6 heterocycles. The Morgan fingerprint density at radius 2 is 0.662 bits per heavy atom. The first kappa shape index (κ1) is 113. The Morgan fingerprint density at radius 3 is 1.03 bits per heavy atom. The third kappa shape index (κ3) is 35.5. The van der Waals surface area contributed by atoms with Crippen molar-refractivity contribution in [3.63, 3.8) is 0 Å². The molecule has 0 N–H and O–H groups in total. The normalized spacial score (nSPS) is 11.5. The number of benzene rings is 9. The van der Waals surface area contributed by atoms with E-state index in [4.69, 9.17) is 4.74 Å². The van der Waals surface area contributed by atoms with Gasteiger partial charge in [0, 0.05) is 77.0 Å². The number of alkyl halides is 13. The number of hydrogen-bond acceptors (Lipinski definition) is 17. The summed E-state index contributed by atoms with van der Waals surface area (Å²) in [7, 11) is 0. The van der Waals surface area contributed by atoms with Gasteiger partial charge >= 0.3 is 24.7 Å². The molecule has 6 aromatic heterocycles. The zero-order chi connectivity index (χ0) is 107. The Bertz CT molecular complexity index is 6630. The first-order valence-electron chi connectivity index (χ1n) is 48.8. The molecule has 0 aliphatic rings. The Kier molecular flexibility index (Phi) is 42.2. The number of ether oxygens (including phenoxy) is 1. The SMILES string of the molecule is CCCCCCc1cn(-c2ccc(CC(=O)Cc3ccccc3C(F)(F)F)cc2)nn1.CCCCc1cn(-c2ccc(CC(=O)Cc3ccccc3C(F)(F)F)cc2F)nn1.CCCCc1cn(-c2ccc(CC(=O)Cc3ccccc3C(F)(F)F)cn2)nn1.CCOCc1cn(-c2ccc(CC(=O)Cc3cc(C(C)C)ccc3C)cc2)nn1.O=C(Cc1ccc(-n2cc(CCCF)nn2)cc1)Cc1ccccc1C(F)(F)F. The molecular weight excluding hydrogens is 1930 g/mol. The van der Waals surface area contributed by atoms with E-state index in [1.807, 2.05) is 61.9 Å². The Hall–Kier alpha value is -14.8. The molecule has 778 valence electrons. The second kappa shape index (κ2) is 55.1. The molecule has 0 radical (unpaired) electrons. The summed E-state index contributed by atoms with van der Waals surface area (Å²) in [6.45, 7) is 15.4. The van der Waals surface area contributed by atoms with Crippen molar-refractivity contribution in [1.82, 2.24) is 80.0 Å².